The van der Waals surface area contributed by atoms with Crippen LogP contribution in [0.5, 0.6) is 23.1 Å². The van der Waals surface area contributed by atoms with Crippen molar-refractivity contribution in [1.82, 2.24) is 19.9 Å². The van der Waals surface area contributed by atoms with E-state index in [0.29, 0.717) is 39.9 Å². The molecule has 2 N–H and O–H groups in total. The monoisotopic (exact) mass is 508 g/mol. The number of hydrogen-bond acceptors (Lipinski definition) is 7. The Morgan fingerprint density at radius 1 is 1.08 bits per heavy atom. The molecule has 5 rings (SSSR count). The number of fused-ring (bicyclic) bond motifs is 2. The Hall–Kier alpha value is -3.43. The number of aromatic nitrogens is 3. The first-order valence-corrected chi connectivity index (χ1v) is 12.6. The molecule has 9 heteroatoms. The summed E-state index contributed by atoms with van der Waals surface area (Å²) in [5, 5.41) is 10.6. The Balaban J connectivity index is 1.28. The fraction of sp³-hybridized carbons (Fsp3) is 0.429. The summed E-state index contributed by atoms with van der Waals surface area (Å²) in [4.78, 5) is 14.2. The topological polar surface area (TPSA) is 92.7 Å². The molecular formula is C28H33FN4O4. The third-order valence-electron chi connectivity index (χ3n) is 7.25. The molecule has 1 saturated heterocycles. The Bertz CT molecular complexity index is 1400. The van der Waals surface area contributed by atoms with Crippen molar-refractivity contribution in [2.75, 3.05) is 40.0 Å². The summed E-state index contributed by atoms with van der Waals surface area (Å²) < 4.78 is 32.6. The number of rotatable bonds is 9. The van der Waals surface area contributed by atoms with E-state index in [9.17, 15) is 5.11 Å². The van der Waals surface area contributed by atoms with E-state index in [4.69, 9.17) is 14.2 Å². The van der Waals surface area contributed by atoms with E-state index in [1.54, 1.807) is 37.4 Å². The van der Waals surface area contributed by atoms with Crippen LogP contribution in [-0.2, 0) is 0 Å². The van der Waals surface area contributed by atoms with E-state index >= 15 is 4.39 Å². The zero-order valence-corrected chi connectivity index (χ0v) is 21.5. The van der Waals surface area contributed by atoms with E-state index in [1.165, 1.54) is 6.33 Å². The fourth-order valence-electron chi connectivity index (χ4n) is 4.81. The summed E-state index contributed by atoms with van der Waals surface area (Å²) >= 11 is 0. The van der Waals surface area contributed by atoms with Crippen LogP contribution >= 0.6 is 0 Å². The van der Waals surface area contributed by atoms with Gasteiger partial charge in [0.1, 0.15) is 6.33 Å². The van der Waals surface area contributed by atoms with Gasteiger partial charge in [-0.3, -0.25) is 0 Å². The second-order valence-corrected chi connectivity index (χ2v) is 10.1. The molecule has 1 aliphatic heterocycles. The second kappa shape index (κ2) is 10.5. The molecule has 0 atom stereocenters. The van der Waals surface area contributed by atoms with Crippen molar-refractivity contribution in [2.24, 2.45) is 5.41 Å². The lowest BCUT2D eigenvalue weighted by Crippen LogP contribution is -2.41. The SMILES string of the molecule is COc1cc2c(Oc3ccc4[nH]c(C)cc4c3F)ncnc2cc1OCCCN1CCC(C)(CO)CC1. The summed E-state index contributed by atoms with van der Waals surface area (Å²) in [5.41, 5.74) is 2.24. The molecule has 2 aromatic carbocycles. The van der Waals surface area contributed by atoms with Crippen LogP contribution < -0.4 is 14.2 Å². The van der Waals surface area contributed by atoms with Crippen LogP contribution in [0.25, 0.3) is 21.8 Å². The first-order valence-electron chi connectivity index (χ1n) is 12.6. The van der Waals surface area contributed by atoms with Gasteiger partial charge in [-0.2, -0.15) is 0 Å². The smallest absolute Gasteiger partial charge is 0.230 e. The van der Waals surface area contributed by atoms with Gasteiger partial charge in [0.05, 0.1) is 24.6 Å². The molecule has 0 unspecified atom stereocenters. The molecular weight excluding hydrogens is 475 g/mol. The van der Waals surface area contributed by atoms with E-state index in [-0.39, 0.29) is 23.7 Å². The van der Waals surface area contributed by atoms with Gasteiger partial charge in [-0.25, -0.2) is 14.4 Å². The minimum Gasteiger partial charge on any atom is -0.493 e. The predicted octanol–water partition coefficient (Wildman–Crippen LogP) is 5.22. The number of aromatic amines is 1. The highest BCUT2D eigenvalue weighted by Gasteiger charge is 2.29. The van der Waals surface area contributed by atoms with Gasteiger partial charge >= 0.3 is 0 Å². The van der Waals surface area contributed by atoms with Crippen LogP contribution in [0.2, 0.25) is 0 Å². The van der Waals surface area contributed by atoms with Crippen molar-refractivity contribution in [2.45, 2.75) is 33.1 Å². The number of aliphatic hydroxyl groups excluding tert-OH is 1. The van der Waals surface area contributed by atoms with Crippen LogP contribution in [0.1, 0.15) is 31.9 Å². The number of halogens is 1. The maximum absolute atomic E-state index is 15.1. The Labute approximate surface area is 215 Å². The molecule has 196 valence electrons. The van der Waals surface area contributed by atoms with Crippen molar-refractivity contribution in [1.29, 1.82) is 0 Å². The number of likely N-dealkylation sites (tertiary alicyclic amines) is 1. The molecule has 37 heavy (non-hydrogen) atoms. The summed E-state index contributed by atoms with van der Waals surface area (Å²) in [5.74, 6) is 0.987. The van der Waals surface area contributed by atoms with Gasteiger partial charge in [0.25, 0.3) is 0 Å². The lowest BCUT2D eigenvalue weighted by atomic mass is 9.81. The first-order chi connectivity index (χ1) is 17.9. The van der Waals surface area contributed by atoms with Gasteiger partial charge in [-0.15, -0.1) is 0 Å². The first kappa shape index (κ1) is 25.2. The summed E-state index contributed by atoms with van der Waals surface area (Å²) in [7, 11) is 1.58. The van der Waals surface area contributed by atoms with Gasteiger partial charge in [0, 0.05) is 35.8 Å². The number of nitrogens with one attached hydrogen (secondary N) is 1. The van der Waals surface area contributed by atoms with Gasteiger partial charge in [-0.1, -0.05) is 6.92 Å². The number of methoxy groups -OCH3 is 1. The summed E-state index contributed by atoms with van der Waals surface area (Å²) in [6, 6.07) is 8.68. The maximum atomic E-state index is 15.1. The predicted molar refractivity (Wildman–Crippen MR) is 140 cm³/mol. The number of H-pyrrole nitrogens is 1. The highest BCUT2D eigenvalue weighted by molar-refractivity contribution is 5.87. The van der Waals surface area contributed by atoms with E-state index < -0.39 is 5.82 Å². The molecule has 1 aliphatic rings. The minimum atomic E-state index is -0.449. The molecule has 1 fully saturated rings. The molecule has 3 heterocycles. The Morgan fingerprint density at radius 2 is 1.89 bits per heavy atom. The van der Waals surface area contributed by atoms with E-state index in [0.717, 1.165) is 44.6 Å². The number of nitrogens with zero attached hydrogens (tertiary/aromatic N) is 3. The van der Waals surface area contributed by atoms with Crippen molar-refractivity contribution < 1.29 is 23.7 Å². The zero-order chi connectivity index (χ0) is 26.0. The van der Waals surface area contributed by atoms with Crippen molar-refractivity contribution in [3.8, 4) is 23.1 Å². The van der Waals surface area contributed by atoms with Gasteiger partial charge in [0.2, 0.25) is 5.88 Å². The zero-order valence-electron chi connectivity index (χ0n) is 21.5. The molecule has 4 aromatic rings. The van der Waals surface area contributed by atoms with Crippen LogP contribution in [-0.4, -0.2) is 64.9 Å². The highest BCUT2D eigenvalue weighted by atomic mass is 19.1. The van der Waals surface area contributed by atoms with Gasteiger partial charge < -0.3 is 29.2 Å². The standard InChI is InChI=1S/C28H33FN4O4/c1-18-13-19-21(32-18)5-6-23(26(19)29)37-27-20-14-24(35-3)25(15-22(20)30-17-31-27)36-12-4-9-33-10-7-28(2,16-34)8-11-33/h5-6,13-15,17,32,34H,4,7-12,16H2,1-3H3. The molecule has 0 saturated carbocycles. The van der Waals surface area contributed by atoms with Gasteiger partial charge in [-0.05, 0) is 69.0 Å². The van der Waals surface area contributed by atoms with E-state index in [2.05, 4.69) is 26.8 Å². The molecule has 0 aliphatic carbocycles. The molecule has 0 amide bonds. The van der Waals surface area contributed by atoms with Gasteiger partial charge in [0.15, 0.2) is 23.1 Å². The molecule has 0 spiro atoms. The van der Waals surface area contributed by atoms with Crippen LogP contribution in [0.3, 0.4) is 0 Å². The molecule has 0 radical (unpaired) electrons. The summed E-state index contributed by atoms with van der Waals surface area (Å²) in [6.07, 6.45) is 4.28. The van der Waals surface area contributed by atoms with Crippen LogP contribution in [0.15, 0.2) is 36.7 Å². The third-order valence-corrected chi connectivity index (χ3v) is 7.25. The largest absolute Gasteiger partial charge is 0.493 e. The highest BCUT2D eigenvalue weighted by Crippen LogP contribution is 2.37. The molecule has 0 bridgehead atoms. The molecule has 2 aromatic heterocycles. The molecule has 8 nitrogen and oxygen atoms in total. The lowest BCUT2D eigenvalue weighted by molar-refractivity contribution is 0.0567. The number of benzene rings is 2. The van der Waals surface area contributed by atoms with Crippen molar-refractivity contribution in [3.05, 3.63) is 48.2 Å². The maximum Gasteiger partial charge on any atom is 0.230 e. The average molecular weight is 509 g/mol. The normalized spacial score (nSPS) is 15.8. The Morgan fingerprint density at radius 3 is 2.65 bits per heavy atom. The fourth-order valence-corrected chi connectivity index (χ4v) is 4.81. The second-order valence-electron chi connectivity index (χ2n) is 10.1. The number of hydrogen-bond donors (Lipinski definition) is 2. The van der Waals surface area contributed by atoms with E-state index in [1.807, 2.05) is 6.92 Å². The number of ether oxygens (including phenoxy) is 3. The third kappa shape index (κ3) is 5.33. The average Bonchev–Trinajstić information content (AvgIpc) is 3.30. The van der Waals surface area contributed by atoms with Crippen LogP contribution in [0.4, 0.5) is 4.39 Å². The number of aliphatic hydroxyl groups is 1. The minimum absolute atomic E-state index is 0.0511. The lowest BCUT2D eigenvalue weighted by Gasteiger charge is -2.38. The summed E-state index contributed by atoms with van der Waals surface area (Å²) in [6.45, 7) is 7.74. The van der Waals surface area contributed by atoms with Crippen molar-refractivity contribution in [3.63, 3.8) is 0 Å². The quantitative estimate of drug-likeness (QED) is 0.299. The van der Waals surface area contributed by atoms with Crippen molar-refractivity contribution >= 4 is 21.8 Å². The number of aryl methyl sites for hydroxylation is 1. The van der Waals surface area contributed by atoms with Crippen LogP contribution in [0, 0.1) is 18.2 Å². The Kier molecular flexibility index (Phi) is 7.17. The number of piperidine rings is 1.